The zero-order valence-corrected chi connectivity index (χ0v) is 11.0. The van der Waals surface area contributed by atoms with E-state index in [2.05, 4.69) is 21.2 Å². The fourth-order valence-electron chi connectivity index (χ4n) is 1.04. The van der Waals surface area contributed by atoms with Crippen LogP contribution in [0, 0.1) is 17.2 Å². The predicted molar refractivity (Wildman–Crippen MR) is 67.4 cm³/mol. The third-order valence-electron chi connectivity index (χ3n) is 2.01. The molecule has 0 aromatic heterocycles. The topological polar surface area (TPSA) is 62.1 Å². The van der Waals surface area contributed by atoms with Crippen molar-refractivity contribution in [3.05, 3.63) is 28.7 Å². The van der Waals surface area contributed by atoms with Crippen LogP contribution in [0.3, 0.4) is 0 Å². The largest absolute Gasteiger partial charge is 0.484 e. The van der Waals surface area contributed by atoms with Crippen molar-refractivity contribution in [3.63, 3.8) is 0 Å². The quantitative estimate of drug-likeness (QED) is 0.905. The molecule has 0 saturated carbocycles. The lowest BCUT2D eigenvalue weighted by Crippen LogP contribution is -2.32. The first-order valence-electron chi connectivity index (χ1n) is 5.16. The second-order valence-electron chi connectivity index (χ2n) is 3.58. The molecule has 0 heterocycles. The number of hydrogen-bond donors (Lipinski definition) is 1. The van der Waals surface area contributed by atoms with Crippen molar-refractivity contribution in [2.45, 2.75) is 6.92 Å². The number of nitriles is 1. The Kier molecular flexibility index (Phi) is 5.50. The third-order valence-corrected chi connectivity index (χ3v) is 2.54. The SMILES string of the molecule is CC(C#N)CNC(=O)COc1ccc(Br)cc1. The molecule has 90 valence electrons. The number of rotatable bonds is 5. The molecule has 0 spiro atoms. The number of amides is 1. The smallest absolute Gasteiger partial charge is 0.257 e. The average Bonchev–Trinajstić information content (AvgIpc) is 2.35. The fourth-order valence-corrected chi connectivity index (χ4v) is 1.31. The highest BCUT2D eigenvalue weighted by Crippen LogP contribution is 2.15. The maximum absolute atomic E-state index is 11.3. The van der Waals surface area contributed by atoms with E-state index >= 15 is 0 Å². The zero-order chi connectivity index (χ0) is 12.7. The van der Waals surface area contributed by atoms with E-state index in [4.69, 9.17) is 10.00 Å². The molecule has 0 bridgehead atoms. The maximum Gasteiger partial charge on any atom is 0.257 e. The van der Waals surface area contributed by atoms with Crippen LogP contribution in [-0.2, 0) is 4.79 Å². The van der Waals surface area contributed by atoms with Gasteiger partial charge in [0.2, 0.25) is 0 Å². The van der Waals surface area contributed by atoms with Gasteiger partial charge in [-0.2, -0.15) is 5.26 Å². The minimum atomic E-state index is -0.227. The van der Waals surface area contributed by atoms with Crippen LogP contribution in [0.4, 0.5) is 0 Å². The van der Waals surface area contributed by atoms with Gasteiger partial charge in [-0.15, -0.1) is 0 Å². The summed E-state index contributed by atoms with van der Waals surface area (Å²) in [4.78, 5) is 11.3. The molecule has 1 aromatic carbocycles. The summed E-state index contributed by atoms with van der Waals surface area (Å²) in [5.41, 5.74) is 0. The summed E-state index contributed by atoms with van der Waals surface area (Å²) in [5, 5.41) is 11.2. The Morgan fingerprint density at radius 3 is 2.76 bits per heavy atom. The van der Waals surface area contributed by atoms with Gasteiger partial charge >= 0.3 is 0 Å². The minimum Gasteiger partial charge on any atom is -0.484 e. The van der Waals surface area contributed by atoms with Gasteiger partial charge in [0.25, 0.3) is 5.91 Å². The normalized spacial score (nSPS) is 11.4. The summed E-state index contributed by atoms with van der Waals surface area (Å²) in [6.45, 7) is 2.05. The van der Waals surface area contributed by atoms with Crippen LogP contribution in [0.5, 0.6) is 5.75 Å². The molecule has 0 aliphatic carbocycles. The molecule has 1 amide bonds. The Bertz CT molecular complexity index is 412. The molecule has 1 atom stereocenters. The molecule has 1 unspecified atom stereocenters. The van der Waals surface area contributed by atoms with E-state index in [9.17, 15) is 4.79 Å². The first kappa shape index (κ1) is 13.5. The lowest BCUT2D eigenvalue weighted by Gasteiger charge is -2.08. The van der Waals surface area contributed by atoms with E-state index in [1.165, 1.54) is 0 Å². The van der Waals surface area contributed by atoms with Crippen LogP contribution in [0.25, 0.3) is 0 Å². The van der Waals surface area contributed by atoms with Crippen LogP contribution >= 0.6 is 15.9 Å². The third kappa shape index (κ3) is 5.36. The van der Waals surface area contributed by atoms with E-state index in [0.29, 0.717) is 12.3 Å². The molecule has 1 N–H and O–H groups in total. The van der Waals surface area contributed by atoms with Gasteiger partial charge in [-0.1, -0.05) is 15.9 Å². The standard InChI is InChI=1S/C12H13BrN2O2/c1-9(6-14)7-15-12(16)8-17-11-4-2-10(13)3-5-11/h2-5,9H,7-8H2,1H3,(H,15,16). The van der Waals surface area contributed by atoms with Gasteiger partial charge in [-0.3, -0.25) is 4.79 Å². The van der Waals surface area contributed by atoms with E-state index < -0.39 is 0 Å². The molecule has 17 heavy (non-hydrogen) atoms. The van der Waals surface area contributed by atoms with Crippen molar-refractivity contribution in [1.29, 1.82) is 5.26 Å². The van der Waals surface area contributed by atoms with E-state index in [1.807, 2.05) is 18.2 Å². The number of nitrogens with zero attached hydrogens (tertiary/aromatic N) is 1. The molecular formula is C12H13BrN2O2. The van der Waals surface area contributed by atoms with Gasteiger partial charge < -0.3 is 10.1 Å². The average molecular weight is 297 g/mol. The van der Waals surface area contributed by atoms with Crippen LogP contribution in [-0.4, -0.2) is 19.1 Å². The predicted octanol–water partition coefficient (Wildman–Crippen LogP) is 2.10. The minimum absolute atomic E-state index is 0.0419. The molecule has 0 aliphatic rings. The van der Waals surface area contributed by atoms with Gasteiger partial charge in [-0.25, -0.2) is 0 Å². The van der Waals surface area contributed by atoms with Gasteiger partial charge in [-0.05, 0) is 31.2 Å². The van der Waals surface area contributed by atoms with E-state index in [0.717, 1.165) is 4.47 Å². The number of carbonyl (C=O) groups excluding carboxylic acids is 1. The van der Waals surface area contributed by atoms with Crippen molar-refractivity contribution in [3.8, 4) is 11.8 Å². The lowest BCUT2D eigenvalue weighted by molar-refractivity contribution is -0.123. The van der Waals surface area contributed by atoms with Crippen molar-refractivity contribution >= 4 is 21.8 Å². The summed E-state index contributed by atoms with van der Waals surface area (Å²) in [6.07, 6.45) is 0. The Labute approximate surface area is 109 Å². The second-order valence-corrected chi connectivity index (χ2v) is 4.49. The highest BCUT2D eigenvalue weighted by Gasteiger charge is 2.05. The first-order valence-corrected chi connectivity index (χ1v) is 5.96. The van der Waals surface area contributed by atoms with Crippen molar-refractivity contribution in [2.24, 2.45) is 5.92 Å². The molecule has 1 rings (SSSR count). The highest BCUT2D eigenvalue weighted by molar-refractivity contribution is 9.10. The van der Waals surface area contributed by atoms with Crippen LogP contribution in [0.2, 0.25) is 0 Å². The monoisotopic (exact) mass is 296 g/mol. The highest BCUT2D eigenvalue weighted by atomic mass is 79.9. The number of halogens is 1. The molecule has 0 saturated heterocycles. The number of carbonyl (C=O) groups is 1. The van der Waals surface area contributed by atoms with Crippen LogP contribution < -0.4 is 10.1 Å². The number of ether oxygens (including phenoxy) is 1. The summed E-state index contributed by atoms with van der Waals surface area (Å²) in [7, 11) is 0. The van der Waals surface area contributed by atoms with Crippen LogP contribution in [0.15, 0.2) is 28.7 Å². The molecule has 1 aromatic rings. The van der Waals surface area contributed by atoms with E-state index in [1.54, 1.807) is 19.1 Å². The molecule has 4 nitrogen and oxygen atoms in total. The molecule has 0 aliphatic heterocycles. The lowest BCUT2D eigenvalue weighted by atomic mass is 10.2. The van der Waals surface area contributed by atoms with Crippen molar-refractivity contribution < 1.29 is 9.53 Å². The van der Waals surface area contributed by atoms with Gasteiger partial charge in [0.15, 0.2) is 6.61 Å². The molecular weight excluding hydrogens is 284 g/mol. The number of hydrogen-bond acceptors (Lipinski definition) is 3. The van der Waals surface area contributed by atoms with Crippen molar-refractivity contribution in [2.75, 3.05) is 13.2 Å². The molecule has 0 fully saturated rings. The van der Waals surface area contributed by atoms with Gasteiger partial charge in [0, 0.05) is 11.0 Å². The number of benzene rings is 1. The summed E-state index contributed by atoms with van der Waals surface area (Å²) in [5.74, 6) is 0.221. The second kappa shape index (κ2) is 6.92. The molecule has 5 heteroatoms. The Balaban J connectivity index is 2.29. The van der Waals surface area contributed by atoms with Gasteiger partial charge in [0.05, 0.1) is 12.0 Å². The first-order chi connectivity index (χ1) is 8.11. The zero-order valence-electron chi connectivity index (χ0n) is 9.44. The maximum atomic E-state index is 11.3. The van der Waals surface area contributed by atoms with Crippen molar-refractivity contribution in [1.82, 2.24) is 5.32 Å². The Morgan fingerprint density at radius 1 is 1.53 bits per heavy atom. The van der Waals surface area contributed by atoms with Crippen LogP contribution in [0.1, 0.15) is 6.92 Å². The summed E-state index contributed by atoms with van der Waals surface area (Å²) < 4.78 is 6.23. The fraction of sp³-hybridized carbons (Fsp3) is 0.333. The van der Waals surface area contributed by atoms with Gasteiger partial charge in [0.1, 0.15) is 5.75 Å². The molecule has 0 radical (unpaired) electrons. The summed E-state index contributed by atoms with van der Waals surface area (Å²) >= 11 is 3.31. The van der Waals surface area contributed by atoms with E-state index in [-0.39, 0.29) is 18.4 Å². The summed E-state index contributed by atoms with van der Waals surface area (Å²) in [6, 6.07) is 9.26. The Morgan fingerprint density at radius 2 is 2.18 bits per heavy atom. The Hall–Kier alpha value is -1.54. The number of nitrogens with one attached hydrogen (secondary N) is 1.